The average molecular weight is 315 g/mol. The summed E-state index contributed by atoms with van der Waals surface area (Å²) in [6, 6.07) is 6.48. The zero-order valence-corrected chi connectivity index (χ0v) is 13.6. The smallest absolute Gasteiger partial charge is 0.225 e. The highest BCUT2D eigenvalue weighted by Crippen LogP contribution is 2.20. The van der Waals surface area contributed by atoms with E-state index in [9.17, 15) is 4.39 Å². The van der Waals surface area contributed by atoms with E-state index in [4.69, 9.17) is 4.74 Å². The summed E-state index contributed by atoms with van der Waals surface area (Å²) in [6.45, 7) is 6.37. The minimum atomic E-state index is -0.213. The molecule has 1 aromatic heterocycles. The highest BCUT2D eigenvalue weighted by atomic mass is 19.1. The quantitative estimate of drug-likeness (QED) is 0.866. The number of halogens is 1. The molecule has 1 saturated heterocycles. The van der Waals surface area contributed by atoms with Gasteiger partial charge in [-0.15, -0.1) is 0 Å². The third kappa shape index (κ3) is 4.05. The van der Waals surface area contributed by atoms with Crippen molar-refractivity contribution in [3.63, 3.8) is 0 Å². The van der Waals surface area contributed by atoms with Crippen LogP contribution in [0.2, 0.25) is 0 Å². The van der Waals surface area contributed by atoms with Gasteiger partial charge in [-0.25, -0.2) is 14.4 Å². The fourth-order valence-corrected chi connectivity index (χ4v) is 2.68. The summed E-state index contributed by atoms with van der Waals surface area (Å²) >= 11 is 0. The van der Waals surface area contributed by atoms with Gasteiger partial charge >= 0.3 is 0 Å². The van der Waals surface area contributed by atoms with E-state index < -0.39 is 0 Å². The first-order valence-corrected chi connectivity index (χ1v) is 8.03. The minimum absolute atomic E-state index is 0.213. The topological polar surface area (TPSA) is 38.2 Å². The summed E-state index contributed by atoms with van der Waals surface area (Å²) in [7, 11) is 0. The number of anilines is 1. The van der Waals surface area contributed by atoms with Gasteiger partial charge in [-0.3, -0.25) is 0 Å². The van der Waals surface area contributed by atoms with Gasteiger partial charge in [0.2, 0.25) is 5.95 Å². The normalized spacial score (nSPS) is 15.9. The second-order valence-corrected chi connectivity index (χ2v) is 6.06. The highest BCUT2D eigenvalue weighted by Gasteiger charge is 2.21. The fraction of sp³-hybridized carbons (Fsp3) is 0.444. The largest absolute Gasteiger partial charge is 0.373 e. The van der Waals surface area contributed by atoms with Crippen molar-refractivity contribution in [2.75, 3.05) is 18.0 Å². The molecule has 0 saturated carbocycles. The average Bonchev–Trinajstić information content (AvgIpc) is 2.57. The van der Waals surface area contributed by atoms with Gasteiger partial charge in [0.15, 0.2) is 0 Å². The molecule has 1 aliphatic rings. The van der Waals surface area contributed by atoms with Crippen LogP contribution in [0.1, 0.15) is 29.7 Å². The molecule has 23 heavy (non-hydrogen) atoms. The van der Waals surface area contributed by atoms with Crippen molar-refractivity contribution in [1.29, 1.82) is 0 Å². The van der Waals surface area contributed by atoms with Crippen molar-refractivity contribution in [3.05, 3.63) is 53.1 Å². The lowest BCUT2D eigenvalue weighted by Crippen LogP contribution is -2.38. The van der Waals surface area contributed by atoms with Gasteiger partial charge in [-0.1, -0.05) is 12.1 Å². The van der Waals surface area contributed by atoms with Gasteiger partial charge in [0.1, 0.15) is 5.82 Å². The summed E-state index contributed by atoms with van der Waals surface area (Å²) in [5.41, 5.74) is 3.15. The molecule has 122 valence electrons. The predicted molar refractivity (Wildman–Crippen MR) is 87.9 cm³/mol. The Morgan fingerprint density at radius 1 is 1.17 bits per heavy atom. The van der Waals surface area contributed by atoms with E-state index in [0.717, 1.165) is 48.7 Å². The summed E-state index contributed by atoms with van der Waals surface area (Å²) in [5, 5.41) is 0. The number of benzene rings is 1. The van der Waals surface area contributed by atoms with Gasteiger partial charge in [0, 0.05) is 25.0 Å². The Balaban J connectivity index is 1.50. The molecule has 5 heteroatoms. The van der Waals surface area contributed by atoms with Crippen molar-refractivity contribution in [2.24, 2.45) is 0 Å². The molecule has 1 aromatic carbocycles. The van der Waals surface area contributed by atoms with Crippen LogP contribution in [0.3, 0.4) is 0 Å². The molecule has 0 amide bonds. The molecule has 2 heterocycles. The Bertz CT molecular complexity index is 652. The van der Waals surface area contributed by atoms with Crippen LogP contribution in [0.4, 0.5) is 10.3 Å². The number of hydrogen-bond acceptors (Lipinski definition) is 4. The van der Waals surface area contributed by atoms with Crippen LogP contribution >= 0.6 is 0 Å². The Morgan fingerprint density at radius 3 is 2.52 bits per heavy atom. The van der Waals surface area contributed by atoms with Crippen molar-refractivity contribution >= 4 is 5.95 Å². The highest BCUT2D eigenvalue weighted by molar-refractivity contribution is 5.33. The second kappa shape index (κ2) is 7.04. The van der Waals surface area contributed by atoms with E-state index in [-0.39, 0.29) is 11.9 Å². The van der Waals surface area contributed by atoms with Gasteiger partial charge in [-0.05, 0) is 49.9 Å². The number of piperidine rings is 1. The van der Waals surface area contributed by atoms with Crippen LogP contribution < -0.4 is 4.90 Å². The Hall–Kier alpha value is -2.01. The standard InChI is InChI=1S/C18H22FN3O/c1-13-11-20-18(21-14(13)2)22-9-7-17(8-10-22)23-12-15-3-5-16(19)6-4-15/h3-6,11,17H,7-10,12H2,1-2H3. The summed E-state index contributed by atoms with van der Waals surface area (Å²) < 4.78 is 18.8. The Morgan fingerprint density at radius 2 is 1.87 bits per heavy atom. The first kappa shape index (κ1) is 15.9. The first-order chi connectivity index (χ1) is 11.1. The molecule has 2 aromatic rings. The van der Waals surface area contributed by atoms with Crippen LogP contribution in [0.25, 0.3) is 0 Å². The van der Waals surface area contributed by atoms with Gasteiger partial charge in [-0.2, -0.15) is 0 Å². The molecule has 1 fully saturated rings. The number of rotatable bonds is 4. The number of nitrogens with zero attached hydrogens (tertiary/aromatic N) is 3. The first-order valence-electron chi connectivity index (χ1n) is 8.03. The number of aromatic nitrogens is 2. The summed E-state index contributed by atoms with van der Waals surface area (Å²) in [4.78, 5) is 11.2. The lowest BCUT2D eigenvalue weighted by molar-refractivity contribution is 0.0249. The molecule has 0 unspecified atom stereocenters. The fourth-order valence-electron chi connectivity index (χ4n) is 2.68. The lowest BCUT2D eigenvalue weighted by atomic mass is 10.1. The van der Waals surface area contributed by atoms with Crippen LogP contribution in [0.15, 0.2) is 30.5 Å². The molecular formula is C18H22FN3O. The van der Waals surface area contributed by atoms with E-state index in [1.165, 1.54) is 12.1 Å². The molecule has 4 nitrogen and oxygen atoms in total. The van der Waals surface area contributed by atoms with E-state index >= 15 is 0 Å². The van der Waals surface area contributed by atoms with Crippen LogP contribution in [-0.4, -0.2) is 29.2 Å². The van der Waals surface area contributed by atoms with Crippen molar-refractivity contribution in [3.8, 4) is 0 Å². The monoisotopic (exact) mass is 315 g/mol. The summed E-state index contributed by atoms with van der Waals surface area (Å²) in [5.74, 6) is 0.598. The maximum absolute atomic E-state index is 12.9. The third-order valence-corrected chi connectivity index (χ3v) is 4.34. The zero-order valence-electron chi connectivity index (χ0n) is 13.6. The van der Waals surface area contributed by atoms with Crippen LogP contribution in [-0.2, 0) is 11.3 Å². The van der Waals surface area contributed by atoms with Crippen molar-refractivity contribution in [1.82, 2.24) is 9.97 Å². The molecule has 0 atom stereocenters. The predicted octanol–water partition coefficient (Wildman–Crippen LogP) is 3.42. The molecule has 3 rings (SSSR count). The second-order valence-electron chi connectivity index (χ2n) is 6.06. The van der Waals surface area contributed by atoms with Crippen LogP contribution in [0.5, 0.6) is 0 Å². The van der Waals surface area contributed by atoms with E-state index in [1.807, 2.05) is 20.0 Å². The molecule has 0 aliphatic carbocycles. The molecule has 0 bridgehead atoms. The third-order valence-electron chi connectivity index (χ3n) is 4.34. The number of hydrogen-bond donors (Lipinski definition) is 0. The van der Waals surface area contributed by atoms with E-state index in [2.05, 4.69) is 14.9 Å². The molecular weight excluding hydrogens is 293 g/mol. The number of ether oxygens (including phenoxy) is 1. The Kier molecular flexibility index (Phi) is 4.86. The van der Waals surface area contributed by atoms with E-state index in [0.29, 0.717) is 6.61 Å². The molecule has 1 aliphatic heterocycles. The van der Waals surface area contributed by atoms with Gasteiger partial charge < -0.3 is 9.64 Å². The molecule has 0 radical (unpaired) electrons. The minimum Gasteiger partial charge on any atom is -0.373 e. The zero-order chi connectivity index (χ0) is 16.2. The SMILES string of the molecule is Cc1cnc(N2CCC(OCc3ccc(F)cc3)CC2)nc1C. The van der Waals surface area contributed by atoms with Crippen molar-refractivity contribution in [2.45, 2.75) is 39.4 Å². The van der Waals surface area contributed by atoms with Gasteiger partial charge in [0.05, 0.1) is 12.7 Å². The number of aryl methyl sites for hydroxylation is 2. The van der Waals surface area contributed by atoms with Crippen LogP contribution in [0, 0.1) is 19.7 Å². The van der Waals surface area contributed by atoms with Crippen molar-refractivity contribution < 1.29 is 9.13 Å². The van der Waals surface area contributed by atoms with E-state index in [1.54, 1.807) is 12.1 Å². The van der Waals surface area contributed by atoms with Gasteiger partial charge in [0.25, 0.3) is 0 Å². The maximum Gasteiger partial charge on any atom is 0.225 e. The Labute approximate surface area is 136 Å². The lowest BCUT2D eigenvalue weighted by Gasteiger charge is -2.32. The summed E-state index contributed by atoms with van der Waals surface area (Å²) in [6.07, 6.45) is 4.03. The molecule has 0 spiro atoms. The maximum atomic E-state index is 12.9. The molecule has 0 N–H and O–H groups in total.